The molecule has 2 aromatic heterocycles. The summed E-state index contributed by atoms with van der Waals surface area (Å²) in [5.41, 5.74) is 3.77. The van der Waals surface area contributed by atoms with E-state index in [1.807, 2.05) is 26.1 Å². The first-order chi connectivity index (χ1) is 9.56. The lowest BCUT2D eigenvalue weighted by atomic mass is 10.1. The van der Waals surface area contributed by atoms with Crippen molar-refractivity contribution in [3.05, 3.63) is 47.8 Å². The van der Waals surface area contributed by atoms with Crippen LogP contribution in [-0.2, 0) is 7.05 Å². The number of nitrogens with zero attached hydrogens (tertiary/aromatic N) is 3. The van der Waals surface area contributed by atoms with Crippen LogP contribution in [0.3, 0.4) is 0 Å². The van der Waals surface area contributed by atoms with Crippen molar-refractivity contribution in [1.82, 2.24) is 14.8 Å². The highest BCUT2D eigenvalue weighted by molar-refractivity contribution is 5.99. The van der Waals surface area contributed by atoms with E-state index >= 15 is 0 Å². The molecule has 1 aromatic carbocycles. The van der Waals surface area contributed by atoms with Crippen LogP contribution in [0.15, 0.2) is 36.5 Å². The second kappa shape index (κ2) is 4.45. The zero-order valence-electron chi connectivity index (χ0n) is 11.2. The van der Waals surface area contributed by atoms with Gasteiger partial charge in [-0.15, -0.1) is 0 Å². The minimum absolute atomic E-state index is 0.262. The molecular formula is C15H13N3O2. The predicted octanol–water partition coefficient (Wildman–Crippen LogP) is 2.64. The monoisotopic (exact) mass is 267 g/mol. The molecule has 0 bridgehead atoms. The summed E-state index contributed by atoms with van der Waals surface area (Å²) in [6.45, 7) is 1.91. The van der Waals surface area contributed by atoms with Crippen LogP contribution in [0.2, 0.25) is 0 Å². The summed E-state index contributed by atoms with van der Waals surface area (Å²) < 4.78 is 1.76. The van der Waals surface area contributed by atoms with Crippen molar-refractivity contribution < 1.29 is 9.90 Å². The molecule has 1 N–H and O–H groups in total. The van der Waals surface area contributed by atoms with Crippen LogP contribution in [-0.4, -0.2) is 25.8 Å². The van der Waals surface area contributed by atoms with E-state index in [0.717, 1.165) is 27.9 Å². The minimum Gasteiger partial charge on any atom is -0.478 e. The van der Waals surface area contributed by atoms with E-state index in [1.54, 1.807) is 29.1 Å². The van der Waals surface area contributed by atoms with E-state index in [-0.39, 0.29) is 5.56 Å². The van der Waals surface area contributed by atoms with Gasteiger partial charge in [0.15, 0.2) is 0 Å². The van der Waals surface area contributed by atoms with Crippen LogP contribution >= 0.6 is 0 Å². The van der Waals surface area contributed by atoms with Crippen LogP contribution in [0.4, 0.5) is 0 Å². The van der Waals surface area contributed by atoms with Crippen LogP contribution in [0.1, 0.15) is 16.1 Å². The first-order valence-corrected chi connectivity index (χ1v) is 6.19. The fourth-order valence-corrected chi connectivity index (χ4v) is 2.30. The molecule has 0 aliphatic heterocycles. The summed E-state index contributed by atoms with van der Waals surface area (Å²) in [5, 5.41) is 14.4. The average molecular weight is 267 g/mol. The molecule has 3 aromatic rings. The third-order valence-electron chi connectivity index (χ3n) is 3.27. The summed E-state index contributed by atoms with van der Waals surface area (Å²) in [4.78, 5) is 15.3. The molecule has 0 fully saturated rings. The van der Waals surface area contributed by atoms with Crippen LogP contribution in [0.5, 0.6) is 0 Å². The lowest BCUT2D eigenvalue weighted by Gasteiger charge is -2.00. The van der Waals surface area contributed by atoms with E-state index in [1.165, 1.54) is 0 Å². The van der Waals surface area contributed by atoms with Gasteiger partial charge in [-0.05, 0) is 37.3 Å². The normalized spacial score (nSPS) is 10.9. The molecule has 100 valence electrons. The fourth-order valence-electron chi connectivity index (χ4n) is 2.30. The fraction of sp³-hybridized carbons (Fsp3) is 0.133. The Morgan fingerprint density at radius 3 is 2.75 bits per heavy atom. The smallest absolute Gasteiger partial charge is 0.335 e. The van der Waals surface area contributed by atoms with Crippen LogP contribution < -0.4 is 0 Å². The maximum Gasteiger partial charge on any atom is 0.335 e. The van der Waals surface area contributed by atoms with E-state index in [0.29, 0.717) is 0 Å². The van der Waals surface area contributed by atoms with Crippen molar-refractivity contribution in [2.45, 2.75) is 6.92 Å². The first-order valence-electron chi connectivity index (χ1n) is 6.19. The minimum atomic E-state index is -0.937. The molecule has 0 amide bonds. The molecule has 0 unspecified atom stereocenters. The number of carbonyl (C=O) groups is 1. The molecule has 5 heteroatoms. The Labute approximate surface area is 115 Å². The Kier molecular flexibility index (Phi) is 2.75. The van der Waals surface area contributed by atoms with Gasteiger partial charge < -0.3 is 5.11 Å². The van der Waals surface area contributed by atoms with E-state index in [9.17, 15) is 4.79 Å². The third kappa shape index (κ3) is 1.93. The Hall–Kier alpha value is -2.69. The molecule has 0 radical (unpaired) electrons. The molecule has 20 heavy (non-hydrogen) atoms. The largest absolute Gasteiger partial charge is 0.478 e. The molecule has 2 heterocycles. The third-order valence-corrected chi connectivity index (χ3v) is 3.27. The standard InChI is InChI=1S/C15H13N3O2/c1-9-7-10(5-6-16-9)14-12-8-11(15(19)20)3-4-13(12)18(2)17-14/h3-8H,1-2H3,(H,19,20). The van der Waals surface area contributed by atoms with Crippen molar-refractivity contribution >= 4 is 16.9 Å². The second-order valence-electron chi connectivity index (χ2n) is 4.70. The quantitative estimate of drug-likeness (QED) is 0.775. The number of aryl methyl sites for hydroxylation is 2. The highest BCUT2D eigenvalue weighted by atomic mass is 16.4. The summed E-state index contributed by atoms with van der Waals surface area (Å²) in [7, 11) is 1.85. The molecular weight excluding hydrogens is 254 g/mol. The Morgan fingerprint density at radius 1 is 1.25 bits per heavy atom. The van der Waals surface area contributed by atoms with E-state index < -0.39 is 5.97 Å². The lowest BCUT2D eigenvalue weighted by Crippen LogP contribution is -1.95. The zero-order chi connectivity index (χ0) is 14.3. The number of carboxylic acid groups (broad SMARTS) is 1. The van der Waals surface area contributed by atoms with Crippen molar-refractivity contribution in [3.63, 3.8) is 0 Å². The number of rotatable bonds is 2. The van der Waals surface area contributed by atoms with Crippen LogP contribution in [0, 0.1) is 6.92 Å². The van der Waals surface area contributed by atoms with Crippen molar-refractivity contribution in [2.75, 3.05) is 0 Å². The average Bonchev–Trinajstić information content (AvgIpc) is 2.76. The van der Waals surface area contributed by atoms with Crippen molar-refractivity contribution in [2.24, 2.45) is 7.05 Å². The number of aromatic nitrogens is 3. The van der Waals surface area contributed by atoms with Gasteiger partial charge in [0.2, 0.25) is 0 Å². The zero-order valence-corrected chi connectivity index (χ0v) is 11.2. The first kappa shape index (κ1) is 12.3. The number of benzene rings is 1. The van der Waals surface area contributed by atoms with Gasteiger partial charge in [0.25, 0.3) is 0 Å². The molecule has 0 aliphatic rings. The van der Waals surface area contributed by atoms with Crippen molar-refractivity contribution in [3.8, 4) is 11.3 Å². The maximum atomic E-state index is 11.1. The van der Waals surface area contributed by atoms with Gasteiger partial charge in [0, 0.05) is 29.9 Å². The molecule has 5 nitrogen and oxygen atoms in total. The summed E-state index contributed by atoms with van der Waals surface area (Å²) >= 11 is 0. The number of hydrogen-bond donors (Lipinski definition) is 1. The lowest BCUT2D eigenvalue weighted by molar-refractivity contribution is 0.0697. The predicted molar refractivity (Wildman–Crippen MR) is 75.6 cm³/mol. The summed E-state index contributed by atoms with van der Waals surface area (Å²) in [6.07, 6.45) is 1.73. The van der Waals surface area contributed by atoms with Gasteiger partial charge in [-0.25, -0.2) is 4.79 Å². The number of hydrogen-bond acceptors (Lipinski definition) is 3. The Balaban J connectivity index is 2.30. The van der Waals surface area contributed by atoms with Crippen LogP contribution in [0.25, 0.3) is 22.2 Å². The summed E-state index contributed by atoms with van der Waals surface area (Å²) in [6, 6.07) is 8.85. The highest BCUT2D eigenvalue weighted by Crippen LogP contribution is 2.28. The van der Waals surface area contributed by atoms with Gasteiger partial charge in [0.05, 0.1) is 11.1 Å². The number of carboxylic acids is 1. The highest BCUT2D eigenvalue weighted by Gasteiger charge is 2.13. The Bertz CT molecular complexity index is 821. The van der Waals surface area contributed by atoms with E-state index in [4.69, 9.17) is 5.11 Å². The molecule has 0 saturated carbocycles. The van der Waals surface area contributed by atoms with E-state index in [2.05, 4.69) is 10.1 Å². The van der Waals surface area contributed by atoms with Gasteiger partial charge in [0.1, 0.15) is 5.69 Å². The maximum absolute atomic E-state index is 11.1. The number of aromatic carboxylic acids is 1. The second-order valence-corrected chi connectivity index (χ2v) is 4.70. The van der Waals surface area contributed by atoms with Gasteiger partial charge in [-0.2, -0.15) is 5.10 Å². The van der Waals surface area contributed by atoms with Gasteiger partial charge in [-0.1, -0.05) is 0 Å². The molecule has 3 rings (SSSR count). The summed E-state index contributed by atoms with van der Waals surface area (Å²) in [5.74, 6) is -0.937. The molecule has 0 spiro atoms. The molecule has 0 aliphatic carbocycles. The van der Waals surface area contributed by atoms with Crippen molar-refractivity contribution in [1.29, 1.82) is 0 Å². The molecule has 0 atom stereocenters. The topological polar surface area (TPSA) is 68.0 Å². The molecule has 0 saturated heterocycles. The SMILES string of the molecule is Cc1cc(-c2nn(C)c3ccc(C(=O)O)cc23)ccn1. The van der Waals surface area contributed by atoms with Gasteiger partial charge in [-0.3, -0.25) is 9.67 Å². The number of pyridine rings is 1. The Morgan fingerprint density at radius 2 is 2.05 bits per heavy atom. The van der Waals surface area contributed by atoms with Gasteiger partial charge >= 0.3 is 5.97 Å². The number of fused-ring (bicyclic) bond motifs is 1.